The normalized spacial score (nSPS) is 14.3. The van der Waals surface area contributed by atoms with Crippen molar-refractivity contribution in [1.82, 2.24) is 69.1 Å². The summed E-state index contributed by atoms with van der Waals surface area (Å²) in [4.78, 5) is 60.2. The zero-order valence-electron chi connectivity index (χ0n) is 40.2. The van der Waals surface area contributed by atoms with E-state index in [-0.39, 0.29) is 73.8 Å². The van der Waals surface area contributed by atoms with Gasteiger partial charge in [-0.3, -0.25) is 28.6 Å². The van der Waals surface area contributed by atoms with Crippen LogP contribution in [0.3, 0.4) is 0 Å². The molecule has 29 heteroatoms. The molecule has 5 N–H and O–H groups in total. The minimum atomic E-state index is -4.64. The maximum absolute atomic E-state index is 13.4. The van der Waals surface area contributed by atoms with Crippen molar-refractivity contribution in [3.8, 4) is 22.5 Å². The molecule has 0 radical (unpaired) electrons. The molecule has 0 bridgehead atoms. The van der Waals surface area contributed by atoms with Gasteiger partial charge in [-0.15, -0.1) is 12.4 Å². The van der Waals surface area contributed by atoms with Crippen LogP contribution in [-0.4, -0.2) is 140 Å². The van der Waals surface area contributed by atoms with E-state index in [1.165, 1.54) is 52.2 Å². The van der Waals surface area contributed by atoms with Crippen LogP contribution in [0.25, 0.3) is 33.8 Å². The third-order valence-corrected chi connectivity index (χ3v) is 12.4. The third kappa shape index (κ3) is 11.7. The number of benzene rings is 2. The van der Waals surface area contributed by atoms with Gasteiger partial charge in [-0.2, -0.15) is 36.5 Å². The molecule has 2 fully saturated rings. The molecular weight excluding hydrogens is 1070 g/mol. The van der Waals surface area contributed by atoms with Crippen molar-refractivity contribution in [2.75, 3.05) is 63.0 Å². The summed E-state index contributed by atoms with van der Waals surface area (Å²) in [6.45, 7) is 9.39. The predicted octanol–water partition coefficient (Wildman–Crippen LogP) is 9.23. The summed E-state index contributed by atoms with van der Waals surface area (Å²) in [5, 5.41) is 21.0. The van der Waals surface area contributed by atoms with Crippen LogP contribution in [0.2, 0.25) is 10.0 Å². The molecule has 6 aromatic heterocycles. The first-order valence-corrected chi connectivity index (χ1v) is 23.7. The van der Waals surface area contributed by atoms with Gasteiger partial charge in [-0.25, -0.2) is 24.7 Å². The molecule has 0 saturated carbocycles. The van der Waals surface area contributed by atoms with E-state index in [0.29, 0.717) is 67.7 Å². The van der Waals surface area contributed by atoms with Crippen LogP contribution < -0.4 is 16.0 Å². The fourth-order valence-corrected chi connectivity index (χ4v) is 8.77. The van der Waals surface area contributed by atoms with Crippen LogP contribution in [0.4, 0.5) is 54.1 Å². The van der Waals surface area contributed by atoms with E-state index in [9.17, 15) is 40.7 Å². The van der Waals surface area contributed by atoms with Gasteiger partial charge >= 0.3 is 18.4 Å². The van der Waals surface area contributed by atoms with Crippen LogP contribution in [0.1, 0.15) is 52.9 Å². The maximum Gasteiger partial charge on any atom is 0.435 e. The topological polar surface area (TPSA) is 224 Å². The van der Waals surface area contributed by atoms with Crippen molar-refractivity contribution in [1.29, 1.82) is 0 Å². The second-order valence-corrected chi connectivity index (χ2v) is 18.8. The Bertz CT molecular complexity index is 3410. The lowest BCUT2D eigenvalue weighted by atomic mass is 10.1. The predicted molar refractivity (Wildman–Crippen MR) is 270 cm³/mol. The van der Waals surface area contributed by atoms with Crippen molar-refractivity contribution in [2.45, 2.75) is 38.7 Å². The summed E-state index contributed by atoms with van der Waals surface area (Å²) in [5.41, 5.74) is -0.285. The highest BCUT2D eigenvalue weighted by Crippen LogP contribution is 2.38. The molecule has 20 nitrogen and oxygen atoms in total. The fraction of sp³-hybridized carbons (Fsp3) is 0.298. The number of hydrogen-bond donors (Lipinski definition) is 5. The number of halogens is 9. The number of aromatic nitrogens is 10. The molecule has 0 atom stereocenters. The zero-order chi connectivity index (χ0) is 53.4. The first kappa shape index (κ1) is 54.6. The number of fused-ring (bicyclic) bond motifs is 2. The minimum Gasteiger partial charge on any atom is -0.444 e. The van der Waals surface area contributed by atoms with Gasteiger partial charge in [0.1, 0.15) is 5.60 Å². The lowest BCUT2D eigenvalue weighted by molar-refractivity contribution is -0.141. The Hall–Kier alpha value is -7.68. The molecule has 2 aliphatic heterocycles. The molecule has 0 unspecified atom stereocenters. The van der Waals surface area contributed by atoms with E-state index < -0.39 is 35.4 Å². The number of imidazole rings is 2. The number of aromatic amines is 2. The Morgan fingerprint density at radius 1 is 0.618 bits per heavy atom. The van der Waals surface area contributed by atoms with Crippen molar-refractivity contribution < 1.29 is 45.5 Å². The summed E-state index contributed by atoms with van der Waals surface area (Å²) in [7, 11) is 0. The number of anilines is 4. The number of piperazine rings is 2. The number of amides is 3. The highest BCUT2D eigenvalue weighted by molar-refractivity contribution is 6.34. The molecule has 2 aliphatic rings. The highest BCUT2D eigenvalue weighted by Gasteiger charge is 2.39. The minimum absolute atomic E-state index is 0. The summed E-state index contributed by atoms with van der Waals surface area (Å²) in [6.07, 6.45) is 1.15. The standard InChI is InChI=1S/C26H26ClF3N8O3.C21H18ClF3N8O.ClH/c1-25(2,3)41-24(40)37-10-8-36(9-11-37)23(39)16-5-4-15(12-18(16)27)34-21-22-32-14-19(38(22)7-6-31-21)17-13-33-35-20(17)26(28,29)30;22-15-9-12(1-2-13(15)20(34)32-6-3-26-4-7-32)30-18-19-28-11-16(33(19)8-5-27-18)14-10-29-31-17(14)21(23,24)25;/h4-7,12-14H,8-11H2,1-3H3,(H,31,34)(H,33,35);1-2,5,8-11,26H,3-4,6-7H2,(H,27,30)(H,29,31);1H. The van der Waals surface area contributed by atoms with E-state index >= 15 is 0 Å². The molecule has 10 rings (SSSR count). The molecule has 76 heavy (non-hydrogen) atoms. The quantitative estimate of drug-likeness (QED) is 0.0896. The van der Waals surface area contributed by atoms with Gasteiger partial charge in [0.25, 0.3) is 11.8 Å². The first-order valence-electron chi connectivity index (χ1n) is 22.9. The molecular formula is C47H45Cl3F6N16O4. The summed E-state index contributed by atoms with van der Waals surface area (Å²) in [6, 6.07) is 9.69. The van der Waals surface area contributed by atoms with Crippen LogP contribution in [0, 0.1) is 0 Å². The number of carbonyl (C=O) groups is 3. The van der Waals surface area contributed by atoms with Gasteiger partial charge < -0.3 is 35.4 Å². The number of nitrogens with one attached hydrogen (secondary N) is 5. The number of carbonyl (C=O) groups excluding carboxylic acids is 3. The smallest absolute Gasteiger partial charge is 0.435 e. The van der Waals surface area contributed by atoms with Crippen molar-refractivity contribution in [2.24, 2.45) is 0 Å². The van der Waals surface area contributed by atoms with Crippen LogP contribution in [0.5, 0.6) is 0 Å². The molecule has 8 heterocycles. The molecule has 2 saturated heterocycles. The average Bonchev–Trinajstić information content (AvgIpc) is 4.21. The number of hydrogen-bond acceptors (Lipinski definition) is 13. The fourth-order valence-electron chi connectivity index (χ4n) is 8.25. The zero-order valence-corrected chi connectivity index (χ0v) is 42.6. The van der Waals surface area contributed by atoms with Gasteiger partial charge in [-0.05, 0) is 57.2 Å². The summed E-state index contributed by atoms with van der Waals surface area (Å²) in [5.74, 6) is 0.160. The van der Waals surface area contributed by atoms with Crippen LogP contribution >= 0.6 is 35.6 Å². The molecule has 8 aromatic rings. The Morgan fingerprint density at radius 2 is 1.04 bits per heavy atom. The molecule has 3 amide bonds. The summed E-state index contributed by atoms with van der Waals surface area (Å²) < 4.78 is 88.4. The third-order valence-electron chi connectivity index (χ3n) is 11.8. The Morgan fingerprint density at radius 3 is 1.45 bits per heavy atom. The van der Waals surface area contributed by atoms with Crippen molar-refractivity contribution >= 4 is 87.8 Å². The van der Waals surface area contributed by atoms with E-state index in [1.54, 1.807) is 71.9 Å². The second kappa shape index (κ2) is 21.9. The number of ether oxygens (including phenoxy) is 1. The second-order valence-electron chi connectivity index (χ2n) is 18.0. The average molecular weight is 1120 g/mol. The van der Waals surface area contributed by atoms with Gasteiger partial charge in [0.05, 0.1) is 56.1 Å². The first-order chi connectivity index (χ1) is 35.6. The molecule has 0 aliphatic carbocycles. The molecule has 400 valence electrons. The lowest BCUT2D eigenvalue weighted by Gasteiger charge is -2.35. The Kier molecular flexibility index (Phi) is 15.7. The summed E-state index contributed by atoms with van der Waals surface area (Å²) >= 11 is 12.9. The molecule has 2 aromatic carbocycles. The number of rotatable bonds is 8. The van der Waals surface area contributed by atoms with Gasteiger partial charge in [0, 0.05) is 101 Å². The van der Waals surface area contributed by atoms with E-state index in [4.69, 9.17) is 27.9 Å². The number of H-pyrrole nitrogens is 2. The van der Waals surface area contributed by atoms with Gasteiger partial charge in [0.2, 0.25) is 0 Å². The van der Waals surface area contributed by atoms with E-state index in [0.717, 1.165) is 19.3 Å². The van der Waals surface area contributed by atoms with E-state index in [1.807, 2.05) is 0 Å². The number of alkyl halides is 6. The van der Waals surface area contributed by atoms with Crippen LogP contribution in [0.15, 0.2) is 86.0 Å². The molecule has 0 spiro atoms. The van der Waals surface area contributed by atoms with Crippen molar-refractivity contribution in [3.05, 3.63) is 119 Å². The van der Waals surface area contributed by atoms with Crippen LogP contribution in [-0.2, 0) is 17.1 Å². The Labute approximate surface area is 443 Å². The maximum atomic E-state index is 13.4. The number of nitrogens with zero attached hydrogens (tertiary/aromatic N) is 11. The Balaban J connectivity index is 0.000000202. The van der Waals surface area contributed by atoms with E-state index in [2.05, 4.69) is 56.3 Å². The lowest BCUT2D eigenvalue weighted by Crippen LogP contribution is -2.51. The monoisotopic (exact) mass is 1120 g/mol. The van der Waals surface area contributed by atoms with Gasteiger partial charge in [-0.1, -0.05) is 23.2 Å². The van der Waals surface area contributed by atoms with Gasteiger partial charge in [0.15, 0.2) is 34.3 Å². The SMILES string of the molecule is CC(C)(C)OC(=O)N1CCN(C(=O)c2ccc(Nc3nccn4c(-c5c[nH]nc5C(F)(F)F)cnc34)cc2Cl)CC1.Cl.O=C(c1ccc(Nc2nccn3c(-c4c[nH]nc4C(F)(F)F)cnc23)cc1Cl)N1CCNCC1. The highest BCUT2D eigenvalue weighted by atomic mass is 35.5. The van der Waals surface area contributed by atoms with Crippen molar-refractivity contribution in [3.63, 3.8) is 0 Å². The largest absolute Gasteiger partial charge is 0.444 e.